The smallest absolute Gasteiger partial charge is 0.00178 e. The van der Waals surface area contributed by atoms with Crippen molar-refractivity contribution in [1.29, 1.82) is 0 Å². The molecule has 0 aromatic heterocycles. The molecule has 0 aromatic rings. The van der Waals surface area contributed by atoms with Gasteiger partial charge in [-0.3, -0.25) is 0 Å². The molecule has 0 spiro atoms. The van der Waals surface area contributed by atoms with Crippen molar-refractivity contribution in [2.45, 2.75) is 32.6 Å². The highest BCUT2D eigenvalue weighted by atomic mass is 14.9. The highest BCUT2D eigenvalue weighted by Crippen LogP contribution is 2.15. The minimum absolute atomic E-state index is 0.869. The van der Waals surface area contributed by atoms with E-state index in [-0.39, 0.29) is 0 Å². The quantitative estimate of drug-likeness (QED) is 0.632. The molecule has 1 aliphatic rings. The molecule has 1 unspecified atom stereocenters. The first-order valence-electron chi connectivity index (χ1n) is 4.47. The molecule has 59 valence electrons. The Labute approximate surface area is 64.2 Å². The fourth-order valence-corrected chi connectivity index (χ4v) is 1.48. The molecular formula is C9H18N. The predicted octanol–water partition coefficient (Wildman–Crippen LogP) is 1.99. The average molecular weight is 140 g/mol. The Bertz CT molecular complexity index is 74.8. The van der Waals surface area contributed by atoms with Crippen LogP contribution in [-0.2, 0) is 0 Å². The van der Waals surface area contributed by atoms with E-state index in [0.717, 1.165) is 5.92 Å². The first-order chi connectivity index (χ1) is 4.93. The lowest BCUT2D eigenvalue weighted by atomic mass is 9.94. The van der Waals surface area contributed by atoms with Crippen LogP contribution in [0.5, 0.6) is 0 Å². The number of nitrogens with one attached hydrogen (secondary N) is 1. The Morgan fingerprint density at radius 3 is 3.10 bits per heavy atom. The van der Waals surface area contributed by atoms with Crippen LogP contribution in [0.25, 0.3) is 0 Å². The summed E-state index contributed by atoms with van der Waals surface area (Å²) in [5.41, 5.74) is 0. The number of hydrogen-bond acceptors (Lipinski definition) is 1. The molecule has 1 aliphatic heterocycles. The van der Waals surface area contributed by atoms with Gasteiger partial charge in [-0.15, -0.1) is 0 Å². The second-order valence-corrected chi connectivity index (χ2v) is 3.13. The second-order valence-electron chi connectivity index (χ2n) is 3.13. The number of rotatable bonds is 3. The summed E-state index contributed by atoms with van der Waals surface area (Å²) in [5, 5.41) is 3.41. The molecule has 0 aliphatic carbocycles. The van der Waals surface area contributed by atoms with Gasteiger partial charge in [-0.05, 0) is 38.3 Å². The van der Waals surface area contributed by atoms with Gasteiger partial charge >= 0.3 is 0 Å². The van der Waals surface area contributed by atoms with Crippen LogP contribution in [0.3, 0.4) is 0 Å². The fraction of sp³-hybridized carbons (Fsp3) is 0.889. The molecule has 0 saturated carbocycles. The van der Waals surface area contributed by atoms with Crippen LogP contribution in [0.4, 0.5) is 0 Å². The summed E-state index contributed by atoms with van der Waals surface area (Å²) < 4.78 is 0. The maximum atomic E-state index is 3.41. The third-order valence-electron chi connectivity index (χ3n) is 2.12. The van der Waals surface area contributed by atoms with Crippen molar-refractivity contribution in [3.8, 4) is 0 Å². The third-order valence-corrected chi connectivity index (χ3v) is 2.12. The molecule has 1 fully saturated rings. The second kappa shape index (κ2) is 4.73. The zero-order chi connectivity index (χ0) is 7.23. The van der Waals surface area contributed by atoms with E-state index in [2.05, 4.69) is 18.7 Å². The van der Waals surface area contributed by atoms with E-state index in [1.165, 1.54) is 38.8 Å². The van der Waals surface area contributed by atoms with Crippen LogP contribution in [0.15, 0.2) is 0 Å². The van der Waals surface area contributed by atoms with E-state index in [1.54, 1.807) is 0 Å². The summed E-state index contributed by atoms with van der Waals surface area (Å²) in [5.74, 6) is 0.869. The molecule has 1 atom stereocenters. The van der Waals surface area contributed by atoms with Crippen LogP contribution in [-0.4, -0.2) is 13.1 Å². The maximum Gasteiger partial charge on any atom is -0.00178 e. The van der Waals surface area contributed by atoms with E-state index in [0.29, 0.717) is 0 Å². The molecule has 1 rings (SSSR count). The Kier molecular flexibility index (Phi) is 3.81. The van der Waals surface area contributed by atoms with Gasteiger partial charge in [-0.1, -0.05) is 19.8 Å². The summed E-state index contributed by atoms with van der Waals surface area (Å²) in [6, 6.07) is 0. The largest absolute Gasteiger partial charge is 0.316 e. The van der Waals surface area contributed by atoms with Gasteiger partial charge in [0.15, 0.2) is 0 Å². The van der Waals surface area contributed by atoms with Crippen molar-refractivity contribution in [3.05, 3.63) is 6.42 Å². The monoisotopic (exact) mass is 140 g/mol. The van der Waals surface area contributed by atoms with Crippen molar-refractivity contribution >= 4 is 0 Å². The topological polar surface area (TPSA) is 12.0 Å². The van der Waals surface area contributed by atoms with Gasteiger partial charge in [-0.2, -0.15) is 0 Å². The highest BCUT2D eigenvalue weighted by Gasteiger charge is 2.11. The van der Waals surface area contributed by atoms with E-state index >= 15 is 0 Å². The molecule has 1 heterocycles. The van der Waals surface area contributed by atoms with Gasteiger partial charge in [0, 0.05) is 0 Å². The number of hydrogen-bond donors (Lipinski definition) is 1. The van der Waals surface area contributed by atoms with Crippen molar-refractivity contribution < 1.29 is 0 Å². The molecule has 0 bridgehead atoms. The van der Waals surface area contributed by atoms with Gasteiger partial charge in [0.25, 0.3) is 0 Å². The van der Waals surface area contributed by atoms with E-state index in [9.17, 15) is 0 Å². The lowest BCUT2D eigenvalue weighted by Crippen LogP contribution is -2.29. The average Bonchev–Trinajstić information content (AvgIpc) is 2.03. The van der Waals surface area contributed by atoms with Gasteiger partial charge < -0.3 is 5.32 Å². The molecule has 1 nitrogen and oxygen atoms in total. The van der Waals surface area contributed by atoms with Crippen LogP contribution in [0, 0.1) is 12.3 Å². The van der Waals surface area contributed by atoms with Gasteiger partial charge in [0.1, 0.15) is 0 Å². The Balaban J connectivity index is 2.02. The highest BCUT2D eigenvalue weighted by molar-refractivity contribution is 4.80. The van der Waals surface area contributed by atoms with Gasteiger partial charge in [-0.25, -0.2) is 0 Å². The number of unbranched alkanes of at least 4 members (excludes halogenated alkanes) is 1. The molecule has 10 heavy (non-hydrogen) atoms. The van der Waals surface area contributed by atoms with Crippen molar-refractivity contribution in [2.24, 2.45) is 5.92 Å². The molecule has 1 saturated heterocycles. The van der Waals surface area contributed by atoms with Crippen LogP contribution < -0.4 is 5.32 Å². The van der Waals surface area contributed by atoms with Crippen molar-refractivity contribution in [3.63, 3.8) is 0 Å². The first-order valence-corrected chi connectivity index (χ1v) is 4.47. The Hall–Kier alpha value is -0.0400. The van der Waals surface area contributed by atoms with E-state index < -0.39 is 0 Å². The normalized spacial score (nSPS) is 26.7. The fourth-order valence-electron chi connectivity index (χ4n) is 1.48. The lowest BCUT2D eigenvalue weighted by molar-refractivity contribution is 0.408. The molecular weight excluding hydrogens is 122 g/mol. The minimum atomic E-state index is 0.869. The Morgan fingerprint density at radius 2 is 2.50 bits per heavy atom. The molecule has 1 heteroatoms. The molecule has 0 aromatic carbocycles. The van der Waals surface area contributed by atoms with Gasteiger partial charge in [0.2, 0.25) is 0 Å². The summed E-state index contributed by atoms with van der Waals surface area (Å²) in [7, 11) is 0. The summed E-state index contributed by atoms with van der Waals surface area (Å²) in [6.07, 6.45) is 7.85. The van der Waals surface area contributed by atoms with Crippen LogP contribution >= 0.6 is 0 Å². The zero-order valence-corrected chi connectivity index (χ0v) is 6.90. The first kappa shape index (κ1) is 8.06. The zero-order valence-electron chi connectivity index (χ0n) is 6.90. The third kappa shape index (κ3) is 2.70. The Morgan fingerprint density at radius 1 is 1.60 bits per heavy atom. The standard InChI is InChI=1S/C9H18N/c1-2-3-5-9-6-4-7-10-8-9/h5,9-10H,2-4,6-8H2,1H3. The van der Waals surface area contributed by atoms with Crippen LogP contribution in [0.2, 0.25) is 0 Å². The van der Waals surface area contributed by atoms with Crippen LogP contribution in [0.1, 0.15) is 32.6 Å². The summed E-state index contributed by atoms with van der Waals surface area (Å²) in [4.78, 5) is 0. The van der Waals surface area contributed by atoms with E-state index in [1.807, 2.05) is 0 Å². The lowest BCUT2D eigenvalue weighted by Gasteiger charge is -2.21. The minimum Gasteiger partial charge on any atom is -0.316 e. The van der Waals surface area contributed by atoms with Crippen molar-refractivity contribution in [2.75, 3.05) is 13.1 Å². The van der Waals surface area contributed by atoms with Crippen molar-refractivity contribution in [1.82, 2.24) is 5.32 Å². The predicted molar refractivity (Wildman–Crippen MR) is 44.8 cm³/mol. The molecule has 0 amide bonds. The SMILES string of the molecule is CCC[CH]C1CCCNC1. The molecule has 1 radical (unpaired) electrons. The summed E-state index contributed by atoms with van der Waals surface area (Å²) in [6.45, 7) is 4.70. The number of piperidine rings is 1. The summed E-state index contributed by atoms with van der Waals surface area (Å²) >= 11 is 0. The van der Waals surface area contributed by atoms with E-state index in [4.69, 9.17) is 0 Å². The maximum absolute atomic E-state index is 3.41. The van der Waals surface area contributed by atoms with Gasteiger partial charge in [0.05, 0.1) is 0 Å². The molecule has 1 N–H and O–H groups in total.